The van der Waals surface area contributed by atoms with Crippen LogP contribution in [0.5, 0.6) is 0 Å². The van der Waals surface area contributed by atoms with E-state index in [0.717, 1.165) is 45.6 Å². The van der Waals surface area contributed by atoms with Crippen molar-refractivity contribution in [3.05, 3.63) is 91.7 Å². The Morgan fingerprint density at radius 2 is 0.500 bits per heavy atom. The molecule has 0 atom stereocenters. The van der Waals surface area contributed by atoms with Gasteiger partial charge in [0.05, 0.1) is 45.6 Å². The lowest BCUT2D eigenvalue weighted by molar-refractivity contribution is 1.30. The van der Waals surface area contributed by atoms with E-state index in [1.54, 1.807) is 0 Å². The first-order valence-corrected chi connectivity index (χ1v) is 11.1. The molecule has 32 heavy (non-hydrogen) atoms. The molecule has 5 aliphatic heterocycles. The highest BCUT2D eigenvalue weighted by Crippen LogP contribution is 2.35. The van der Waals surface area contributed by atoms with E-state index in [-0.39, 0.29) is 0 Å². The van der Waals surface area contributed by atoms with Gasteiger partial charge in [-0.05, 0) is 124 Å². The highest BCUT2D eigenvalue weighted by molar-refractivity contribution is 6.19. The average molecular weight is 421 g/mol. The molecular weight excluding hydrogens is 392 g/mol. The van der Waals surface area contributed by atoms with Crippen LogP contribution in [0.15, 0.2) is 112 Å². The van der Waals surface area contributed by atoms with Crippen LogP contribution >= 0.6 is 0 Å². The zero-order valence-corrected chi connectivity index (χ0v) is 20.1. The van der Waals surface area contributed by atoms with Gasteiger partial charge in [-0.2, -0.15) is 0 Å². The molecule has 160 valence electrons. The normalized spacial score (nSPS) is 22.8. The Balaban J connectivity index is 1.79. The number of hydrogen-bond donors (Lipinski definition) is 0. The summed E-state index contributed by atoms with van der Waals surface area (Å²) in [5.41, 5.74) is 17.3. The molecule has 5 rings (SSSR count). The van der Waals surface area contributed by atoms with E-state index in [1.807, 2.05) is 0 Å². The van der Waals surface area contributed by atoms with Crippen molar-refractivity contribution in [3.8, 4) is 0 Å². The van der Waals surface area contributed by atoms with E-state index < -0.39 is 0 Å². The quantitative estimate of drug-likeness (QED) is 0.419. The van der Waals surface area contributed by atoms with Crippen LogP contribution in [0.4, 0.5) is 0 Å². The van der Waals surface area contributed by atoms with Crippen molar-refractivity contribution in [1.82, 2.24) is 0 Å². The molecule has 5 aliphatic rings. The molecule has 0 aromatic heterocycles. The Kier molecular flexibility index (Phi) is 4.52. The molecule has 4 heteroatoms. The zero-order chi connectivity index (χ0) is 22.9. The Morgan fingerprint density at radius 3 is 0.688 bits per heavy atom. The van der Waals surface area contributed by atoms with Crippen LogP contribution in [-0.2, 0) is 0 Å². The molecule has 0 N–H and O–H groups in total. The summed E-state index contributed by atoms with van der Waals surface area (Å²) >= 11 is 0. The summed E-state index contributed by atoms with van der Waals surface area (Å²) in [5, 5.41) is 0. The Hall–Kier alpha value is -3.40. The van der Waals surface area contributed by atoms with Crippen LogP contribution in [0.2, 0.25) is 0 Å². The lowest BCUT2D eigenvalue weighted by atomic mass is 10.0. The molecule has 0 radical (unpaired) electrons. The van der Waals surface area contributed by atoms with E-state index in [4.69, 9.17) is 20.0 Å². The van der Waals surface area contributed by atoms with Gasteiger partial charge in [0.2, 0.25) is 0 Å². The molecule has 5 heterocycles. The SMILES string of the molecule is CC1=C(C)C2=NC1=CC1=NC(=CC3=NC(=CC4=NC(=C2)C(C)=C4C)C(C)=C3C)C(C)=C1C. The third kappa shape index (κ3) is 2.97. The van der Waals surface area contributed by atoms with E-state index in [9.17, 15) is 0 Å². The fourth-order valence-corrected chi connectivity index (χ4v) is 4.37. The molecule has 0 aliphatic carbocycles. The molecule has 0 unspecified atom stereocenters. The minimum absolute atomic E-state index is 0.974. The van der Waals surface area contributed by atoms with Crippen molar-refractivity contribution in [1.29, 1.82) is 0 Å². The first kappa shape index (κ1) is 20.5. The second-order valence-electron chi connectivity index (χ2n) is 9.11. The number of aliphatic imine (C=N–C) groups is 4. The van der Waals surface area contributed by atoms with Crippen molar-refractivity contribution in [2.75, 3.05) is 0 Å². The molecule has 0 amide bonds. The smallest absolute Gasteiger partial charge is 0.0691 e. The number of allylic oxidation sites excluding steroid dienone is 12. The largest absolute Gasteiger partial charge is 0.248 e. The lowest BCUT2D eigenvalue weighted by Crippen LogP contribution is -1.94. The molecule has 8 bridgehead atoms. The van der Waals surface area contributed by atoms with E-state index >= 15 is 0 Å². The van der Waals surface area contributed by atoms with E-state index in [2.05, 4.69) is 79.7 Å². The first-order valence-electron chi connectivity index (χ1n) is 11.1. The predicted octanol–water partition coefficient (Wildman–Crippen LogP) is 6.70. The molecule has 0 spiro atoms. The number of nitrogens with zero attached hydrogens (tertiary/aromatic N) is 4. The summed E-state index contributed by atoms with van der Waals surface area (Å²) in [6.07, 6.45) is 8.46. The summed E-state index contributed by atoms with van der Waals surface area (Å²) in [6, 6.07) is 0. The van der Waals surface area contributed by atoms with Gasteiger partial charge in [-0.1, -0.05) is 0 Å². The third-order valence-corrected chi connectivity index (χ3v) is 7.38. The first-order chi connectivity index (χ1) is 15.2. The second-order valence-corrected chi connectivity index (χ2v) is 9.11. The van der Waals surface area contributed by atoms with Gasteiger partial charge in [0.15, 0.2) is 0 Å². The van der Waals surface area contributed by atoms with Crippen molar-refractivity contribution < 1.29 is 0 Å². The van der Waals surface area contributed by atoms with Crippen LogP contribution in [0.25, 0.3) is 0 Å². The van der Waals surface area contributed by atoms with Crippen LogP contribution < -0.4 is 0 Å². The maximum Gasteiger partial charge on any atom is 0.0691 e. The van der Waals surface area contributed by atoms with Crippen LogP contribution in [-0.4, -0.2) is 22.8 Å². The van der Waals surface area contributed by atoms with Gasteiger partial charge in [-0.3, -0.25) is 0 Å². The molecule has 0 fully saturated rings. The zero-order valence-electron chi connectivity index (χ0n) is 20.1. The molecule has 4 nitrogen and oxygen atoms in total. The summed E-state index contributed by atoms with van der Waals surface area (Å²) in [4.78, 5) is 19.9. The van der Waals surface area contributed by atoms with Crippen molar-refractivity contribution >= 4 is 22.8 Å². The fourth-order valence-electron chi connectivity index (χ4n) is 4.37. The second kappa shape index (κ2) is 7.06. The van der Waals surface area contributed by atoms with Crippen LogP contribution in [0.1, 0.15) is 55.4 Å². The Morgan fingerprint density at radius 1 is 0.312 bits per heavy atom. The molecule has 0 saturated carbocycles. The van der Waals surface area contributed by atoms with Crippen LogP contribution in [0.3, 0.4) is 0 Å². The molecular formula is C28H28N4. The number of rotatable bonds is 0. The molecule has 0 saturated heterocycles. The highest BCUT2D eigenvalue weighted by Gasteiger charge is 2.25. The third-order valence-electron chi connectivity index (χ3n) is 7.38. The summed E-state index contributed by atoms with van der Waals surface area (Å²) in [5.74, 6) is 0. The van der Waals surface area contributed by atoms with Gasteiger partial charge in [-0.15, -0.1) is 0 Å². The van der Waals surface area contributed by atoms with Crippen molar-refractivity contribution in [3.63, 3.8) is 0 Å². The molecule has 0 aromatic carbocycles. The van der Waals surface area contributed by atoms with Gasteiger partial charge in [-0.25, -0.2) is 20.0 Å². The van der Waals surface area contributed by atoms with Gasteiger partial charge < -0.3 is 0 Å². The van der Waals surface area contributed by atoms with Crippen molar-refractivity contribution in [2.24, 2.45) is 20.0 Å². The van der Waals surface area contributed by atoms with Gasteiger partial charge in [0.1, 0.15) is 0 Å². The highest BCUT2D eigenvalue weighted by atomic mass is 14.9. The number of hydrogen-bond acceptors (Lipinski definition) is 4. The van der Waals surface area contributed by atoms with Gasteiger partial charge in [0, 0.05) is 0 Å². The van der Waals surface area contributed by atoms with Crippen molar-refractivity contribution in [2.45, 2.75) is 55.4 Å². The van der Waals surface area contributed by atoms with E-state index in [0.29, 0.717) is 0 Å². The maximum atomic E-state index is 4.96. The topological polar surface area (TPSA) is 49.4 Å². The predicted molar refractivity (Wildman–Crippen MR) is 136 cm³/mol. The summed E-state index contributed by atoms with van der Waals surface area (Å²) in [7, 11) is 0. The summed E-state index contributed by atoms with van der Waals surface area (Å²) < 4.78 is 0. The number of fused-ring (bicyclic) bond motifs is 4. The summed E-state index contributed by atoms with van der Waals surface area (Å²) in [6.45, 7) is 17.1. The van der Waals surface area contributed by atoms with Gasteiger partial charge >= 0.3 is 0 Å². The standard InChI is InChI=1S/C28H28N4/c1-13-14(2)22-10-24-17(5)18(6)26(31-24)12-28-20(8)19(7)27(32-28)11-25-16(4)15(3)23(30-25)9-21(13)29-22/h9-12H,1-8H3. The Labute approximate surface area is 190 Å². The van der Waals surface area contributed by atoms with Crippen LogP contribution in [0, 0.1) is 0 Å². The maximum absolute atomic E-state index is 4.96. The minimum Gasteiger partial charge on any atom is -0.248 e. The minimum atomic E-state index is 0.974. The lowest BCUT2D eigenvalue weighted by Gasteiger charge is -2.00. The molecule has 0 aromatic rings. The monoisotopic (exact) mass is 420 g/mol. The average Bonchev–Trinajstić information content (AvgIpc) is 3.37. The van der Waals surface area contributed by atoms with Gasteiger partial charge in [0.25, 0.3) is 0 Å². The van der Waals surface area contributed by atoms with E-state index in [1.165, 1.54) is 44.6 Å². The fraction of sp³-hybridized carbons (Fsp3) is 0.286. The Bertz CT molecular complexity index is 1160.